The predicted molar refractivity (Wildman–Crippen MR) is 144 cm³/mol. The number of carbonyl (C=O) groups is 3. The molecule has 2 aromatic carbocycles. The Bertz CT molecular complexity index is 1700. The van der Waals surface area contributed by atoms with Crippen LogP contribution in [0.1, 0.15) is 44.4 Å². The number of para-hydroxylation sites is 1. The molecule has 0 fully saturated rings. The number of aromatic hydroxyl groups is 1. The minimum Gasteiger partial charge on any atom is -0.504 e. The number of esters is 1. The maximum Gasteiger partial charge on any atom is 0.350 e. The maximum atomic E-state index is 13.9. The molecule has 0 aliphatic carbocycles. The number of benzene rings is 2. The number of Topliss-reactive ketones (excluding diaryl/α,β-unsaturated/α-hetero) is 1. The highest BCUT2D eigenvalue weighted by Gasteiger charge is 2.47. The SMILES string of the molecule is CCOC(=O)c1sc(N2C(=O)C(O)=C(C(=O)c3cc4cccc(OC)c4o3)C2c2ccc(O)c(OC)c2)nc1C. The lowest BCUT2D eigenvalue weighted by molar-refractivity contribution is -0.117. The highest BCUT2D eigenvalue weighted by molar-refractivity contribution is 7.17. The Hall–Kier alpha value is -4.84. The molecule has 1 atom stereocenters. The number of amides is 1. The van der Waals surface area contributed by atoms with Gasteiger partial charge in [0.1, 0.15) is 4.88 Å². The molecule has 0 radical (unpaired) electrons. The van der Waals surface area contributed by atoms with Crippen LogP contribution in [0.5, 0.6) is 17.2 Å². The number of phenolic OH excluding ortho intramolecular Hbond substituents is 1. The third-order valence-electron chi connectivity index (χ3n) is 6.38. The van der Waals surface area contributed by atoms with E-state index in [1.54, 1.807) is 32.0 Å². The van der Waals surface area contributed by atoms with Crippen molar-refractivity contribution in [3.8, 4) is 17.2 Å². The molecule has 12 heteroatoms. The summed E-state index contributed by atoms with van der Waals surface area (Å²) in [6, 6.07) is 9.71. The molecular formula is C28H24N2O9S. The smallest absolute Gasteiger partial charge is 0.350 e. The van der Waals surface area contributed by atoms with Crippen LogP contribution >= 0.6 is 11.3 Å². The minimum atomic E-state index is -1.20. The molecule has 0 saturated carbocycles. The van der Waals surface area contributed by atoms with Crippen LogP contribution in [0.2, 0.25) is 0 Å². The van der Waals surface area contributed by atoms with E-state index in [0.717, 1.165) is 16.2 Å². The quantitative estimate of drug-likeness (QED) is 0.224. The van der Waals surface area contributed by atoms with E-state index in [2.05, 4.69) is 4.98 Å². The number of hydrogen-bond acceptors (Lipinski definition) is 11. The number of furan rings is 1. The standard InChI is InChI=1S/C28H24N2O9S/c1-5-38-27(35)25-13(2)29-28(40-25)30-21(14-9-10-16(31)18(11-14)37-4)20(23(33)26(30)34)22(32)19-12-15-7-6-8-17(36-3)24(15)39-19/h6-12,21,31,33H,5H2,1-4H3. The molecule has 2 aromatic heterocycles. The number of ketones is 1. The number of aliphatic hydroxyl groups is 1. The third-order valence-corrected chi connectivity index (χ3v) is 7.51. The summed E-state index contributed by atoms with van der Waals surface area (Å²) in [6.45, 7) is 3.40. The summed E-state index contributed by atoms with van der Waals surface area (Å²) < 4.78 is 21.5. The first kappa shape index (κ1) is 26.8. The van der Waals surface area contributed by atoms with Crippen molar-refractivity contribution < 1.29 is 43.2 Å². The van der Waals surface area contributed by atoms with E-state index in [1.165, 1.54) is 38.5 Å². The summed E-state index contributed by atoms with van der Waals surface area (Å²) in [4.78, 5) is 45.6. The van der Waals surface area contributed by atoms with Crippen molar-refractivity contribution in [3.05, 3.63) is 75.7 Å². The van der Waals surface area contributed by atoms with Gasteiger partial charge in [0.2, 0.25) is 5.78 Å². The Kier molecular flexibility index (Phi) is 6.94. The number of hydrogen-bond donors (Lipinski definition) is 2. The number of anilines is 1. The highest BCUT2D eigenvalue weighted by atomic mass is 32.1. The van der Waals surface area contributed by atoms with Crippen molar-refractivity contribution in [1.82, 2.24) is 4.98 Å². The molecule has 0 saturated heterocycles. The summed E-state index contributed by atoms with van der Waals surface area (Å²) in [6.07, 6.45) is 0. The van der Waals surface area contributed by atoms with Crippen LogP contribution in [-0.2, 0) is 9.53 Å². The first-order chi connectivity index (χ1) is 19.2. The summed E-state index contributed by atoms with van der Waals surface area (Å²) in [5.41, 5.74) is 0.694. The monoisotopic (exact) mass is 564 g/mol. The third kappa shape index (κ3) is 4.31. The first-order valence-electron chi connectivity index (χ1n) is 12.1. The predicted octanol–water partition coefficient (Wildman–Crippen LogP) is 4.88. The summed E-state index contributed by atoms with van der Waals surface area (Å²) in [5.74, 6) is -2.87. The van der Waals surface area contributed by atoms with Crippen LogP contribution in [0, 0.1) is 6.92 Å². The van der Waals surface area contributed by atoms with Crippen molar-refractivity contribution in [3.63, 3.8) is 0 Å². The zero-order valence-corrected chi connectivity index (χ0v) is 22.7. The van der Waals surface area contributed by atoms with Gasteiger partial charge in [0.05, 0.1) is 38.1 Å². The molecule has 1 aliphatic heterocycles. The van der Waals surface area contributed by atoms with Gasteiger partial charge < -0.3 is 28.8 Å². The number of rotatable bonds is 8. The Morgan fingerprint density at radius 3 is 2.55 bits per heavy atom. The molecule has 0 bridgehead atoms. The Morgan fingerprint density at radius 2 is 1.85 bits per heavy atom. The van der Waals surface area contributed by atoms with Crippen LogP contribution in [0.25, 0.3) is 11.0 Å². The van der Waals surface area contributed by atoms with E-state index in [9.17, 15) is 24.6 Å². The zero-order chi connectivity index (χ0) is 28.7. The number of aromatic nitrogens is 1. The Labute approximate surface area is 231 Å². The largest absolute Gasteiger partial charge is 0.504 e. The number of phenols is 1. The van der Waals surface area contributed by atoms with Gasteiger partial charge in [0.15, 0.2) is 39.5 Å². The summed E-state index contributed by atoms with van der Waals surface area (Å²) in [7, 11) is 2.82. The molecule has 11 nitrogen and oxygen atoms in total. The van der Waals surface area contributed by atoms with Crippen LogP contribution < -0.4 is 14.4 Å². The van der Waals surface area contributed by atoms with Gasteiger partial charge >= 0.3 is 5.97 Å². The lowest BCUT2D eigenvalue weighted by Crippen LogP contribution is -2.31. The van der Waals surface area contributed by atoms with Crippen LogP contribution in [0.15, 0.2) is 58.2 Å². The van der Waals surface area contributed by atoms with Gasteiger partial charge in [0.25, 0.3) is 5.91 Å². The van der Waals surface area contributed by atoms with Crippen molar-refractivity contribution in [2.24, 2.45) is 0 Å². The van der Waals surface area contributed by atoms with E-state index < -0.39 is 29.5 Å². The average molecular weight is 565 g/mol. The van der Waals surface area contributed by atoms with E-state index in [1.807, 2.05) is 0 Å². The lowest BCUT2D eigenvalue weighted by Gasteiger charge is -2.24. The van der Waals surface area contributed by atoms with Crippen molar-refractivity contribution in [2.45, 2.75) is 19.9 Å². The first-order valence-corrected chi connectivity index (χ1v) is 12.9. The topological polar surface area (TPSA) is 149 Å². The normalized spacial score (nSPS) is 15.2. The number of aliphatic hydroxyl groups excluding tert-OH is 1. The maximum absolute atomic E-state index is 13.9. The van der Waals surface area contributed by atoms with Gasteiger partial charge in [-0.3, -0.25) is 14.5 Å². The van der Waals surface area contributed by atoms with Crippen LogP contribution in [0.4, 0.5) is 5.13 Å². The highest BCUT2D eigenvalue weighted by Crippen LogP contribution is 2.45. The minimum absolute atomic E-state index is 0.0585. The van der Waals surface area contributed by atoms with Gasteiger partial charge in [-0.25, -0.2) is 9.78 Å². The van der Waals surface area contributed by atoms with Gasteiger partial charge in [0, 0.05) is 5.39 Å². The van der Waals surface area contributed by atoms with Crippen molar-refractivity contribution >= 4 is 45.1 Å². The number of aryl methyl sites for hydroxylation is 1. The van der Waals surface area contributed by atoms with Crippen LogP contribution in [0.3, 0.4) is 0 Å². The molecule has 3 heterocycles. The number of nitrogens with zero attached hydrogens (tertiary/aromatic N) is 2. The van der Waals surface area contributed by atoms with E-state index in [0.29, 0.717) is 28.0 Å². The second-order valence-corrected chi connectivity index (χ2v) is 9.70. The number of ether oxygens (including phenoxy) is 3. The molecule has 4 aromatic rings. The molecular weight excluding hydrogens is 540 g/mol. The fourth-order valence-electron chi connectivity index (χ4n) is 4.53. The van der Waals surface area contributed by atoms with E-state index in [-0.39, 0.29) is 39.4 Å². The van der Waals surface area contributed by atoms with Gasteiger partial charge in [-0.1, -0.05) is 29.5 Å². The van der Waals surface area contributed by atoms with Crippen molar-refractivity contribution in [1.29, 1.82) is 0 Å². The molecule has 1 unspecified atom stereocenters. The summed E-state index contributed by atoms with van der Waals surface area (Å²) >= 11 is 0.890. The van der Waals surface area contributed by atoms with E-state index >= 15 is 0 Å². The van der Waals surface area contributed by atoms with E-state index in [4.69, 9.17) is 18.6 Å². The molecule has 40 heavy (non-hydrogen) atoms. The van der Waals surface area contributed by atoms with Gasteiger partial charge in [-0.2, -0.15) is 0 Å². The molecule has 206 valence electrons. The second-order valence-electron chi connectivity index (χ2n) is 8.72. The molecule has 2 N–H and O–H groups in total. The fraction of sp³-hybridized carbons (Fsp3) is 0.214. The van der Waals surface area contributed by atoms with Crippen molar-refractivity contribution in [2.75, 3.05) is 25.7 Å². The number of carbonyl (C=O) groups excluding carboxylic acids is 3. The molecule has 1 amide bonds. The fourth-order valence-corrected chi connectivity index (χ4v) is 5.51. The lowest BCUT2D eigenvalue weighted by atomic mass is 9.95. The Morgan fingerprint density at radius 1 is 1.10 bits per heavy atom. The second kappa shape index (κ2) is 10.4. The molecule has 0 spiro atoms. The Balaban J connectivity index is 1.67. The average Bonchev–Trinajstić information content (AvgIpc) is 3.62. The molecule has 1 aliphatic rings. The van der Waals surface area contributed by atoms with Gasteiger partial charge in [-0.15, -0.1) is 0 Å². The number of methoxy groups -OCH3 is 2. The number of fused-ring (bicyclic) bond motifs is 1. The van der Waals surface area contributed by atoms with Crippen LogP contribution in [-0.4, -0.2) is 53.7 Å². The number of thiazole rings is 1. The zero-order valence-electron chi connectivity index (χ0n) is 21.9. The molecule has 5 rings (SSSR count). The van der Waals surface area contributed by atoms with Gasteiger partial charge in [-0.05, 0) is 43.7 Å². The summed E-state index contributed by atoms with van der Waals surface area (Å²) in [5, 5.41) is 21.9.